The number of carbonyl (C=O) groups excluding carboxylic acids is 1. The Morgan fingerprint density at radius 1 is 1.00 bits per heavy atom. The molecule has 0 saturated heterocycles. The number of benzene rings is 3. The van der Waals surface area contributed by atoms with Crippen LogP contribution in [0, 0.1) is 5.82 Å². The molecule has 0 radical (unpaired) electrons. The fourth-order valence-electron chi connectivity index (χ4n) is 3.06. The van der Waals surface area contributed by atoms with E-state index in [1.807, 2.05) is 66.9 Å². The van der Waals surface area contributed by atoms with Gasteiger partial charge in [0, 0.05) is 4.90 Å². The lowest BCUT2D eigenvalue weighted by Gasteiger charge is -2.20. The number of amides is 1. The summed E-state index contributed by atoms with van der Waals surface area (Å²) in [6, 6.07) is 22.6. The Bertz CT molecular complexity index is 1130. The molecule has 3 nitrogen and oxygen atoms in total. The molecule has 0 spiro atoms. The highest BCUT2D eigenvalue weighted by Gasteiger charge is 2.21. The molecule has 3 aromatic carbocycles. The van der Waals surface area contributed by atoms with Gasteiger partial charge in [-0.2, -0.15) is 0 Å². The Morgan fingerprint density at radius 3 is 2.45 bits per heavy atom. The third-order valence-corrected chi connectivity index (χ3v) is 6.38. The van der Waals surface area contributed by atoms with Crippen LogP contribution in [0.1, 0.15) is 11.1 Å². The molecule has 0 unspecified atom stereocenters. The van der Waals surface area contributed by atoms with Crippen molar-refractivity contribution in [2.24, 2.45) is 0 Å². The number of rotatable bonds is 6. The Kier molecular flexibility index (Phi) is 5.92. The van der Waals surface area contributed by atoms with E-state index in [4.69, 9.17) is 0 Å². The minimum atomic E-state index is -0.371. The summed E-state index contributed by atoms with van der Waals surface area (Å²) in [5.41, 5.74) is 2.25. The molecule has 6 heteroatoms. The van der Waals surface area contributed by atoms with Gasteiger partial charge >= 0.3 is 0 Å². The first-order valence-electron chi connectivity index (χ1n) is 9.16. The van der Waals surface area contributed by atoms with Crippen molar-refractivity contribution in [2.75, 3.05) is 11.2 Å². The van der Waals surface area contributed by atoms with E-state index >= 15 is 0 Å². The lowest BCUT2D eigenvalue weighted by atomic mass is 10.1. The van der Waals surface area contributed by atoms with Crippen LogP contribution in [0.15, 0.2) is 77.7 Å². The maximum Gasteiger partial charge on any atom is 0.233 e. The van der Waals surface area contributed by atoms with E-state index in [-0.39, 0.29) is 18.1 Å². The van der Waals surface area contributed by atoms with Gasteiger partial charge in [0.15, 0.2) is 5.13 Å². The van der Waals surface area contributed by atoms with Crippen LogP contribution < -0.4 is 4.90 Å². The summed E-state index contributed by atoms with van der Waals surface area (Å²) >= 11 is 3.00. The lowest BCUT2D eigenvalue weighted by Crippen LogP contribution is -2.31. The molecule has 1 aromatic heterocycles. The highest BCUT2D eigenvalue weighted by Crippen LogP contribution is 2.31. The van der Waals surface area contributed by atoms with Crippen molar-refractivity contribution in [1.29, 1.82) is 0 Å². The predicted octanol–water partition coefficient (Wildman–Crippen LogP) is 5.93. The standard InChI is InChI=1S/C23H19FN2OS2/c1-28-18-12-10-16(11-13-18)14-21(27)26(15-17-6-3-2-4-7-17)23-25-22-19(24)8-5-9-20(22)29-23/h2-13H,14-15H2,1H3. The van der Waals surface area contributed by atoms with Crippen molar-refractivity contribution in [3.8, 4) is 0 Å². The van der Waals surface area contributed by atoms with Gasteiger partial charge in [-0.25, -0.2) is 9.37 Å². The number of anilines is 1. The average Bonchev–Trinajstić information content (AvgIpc) is 3.18. The molecule has 0 N–H and O–H groups in total. The molecule has 146 valence electrons. The molecule has 29 heavy (non-hydrogen) atoms. The molecule has 0 aliphatic heterocycles. The van der Waals surface area contributed by atoms with Crippen LogP contribution in [0.4, 0.5) is 9.52 Å². The largest absolute Gasteiger partial charge is 0.283 e. The number of thioether (sulfide) groups is 1. The van der Waals surface area contributed by atoms with Crippen LogP contribution in [0.3, 0.4) is 0 Å². The Labute approximate surface area is 177 Å². The number of aromatic nitrogens is 1. The molecule has 0 aliphatic rings. The topological polar surface area (TPSA) is 33.2 Å². The molecule has 1 amide bonds. The van der Waals surface area contributed by atoms with Gasteiger partial charge in [0.2, 0.25) is 5.91 Å². The summed E-state index contributed by atoms with van der Waals surface area (Å²) in [5.74, 6) is -0.435. The smallest absolute Gasteiger partial charge is 0.233 e. The summed E-state index contributed by atoms with van der Waals surface area (Å²) in [6.45, 7) is 0.393. The number of hydrogen-bond donors (Lipinski definition) is 0. The van der Waals surface area contributed by atoms with Gasteiger partial charge in [0.05, 0.1) is 17.7 Å². The van der Waals surface area contributed by atoms with Gasteiger partial charge in [0.1, 0.15) is 11.3 Å². The molecule has 0 fully saturated rings. The van der Waals surface area contributed by atoms with Crippen LogP contribution in [0.25, 0.3) is 10.2 Å². The summed E-state index contributed by atoms with van der Waals surface area (Å²) in [7, 11) is 0. The van der Waals surface area contributed by atoms with E-state index < -0.39 is 0 Å². The Hall–Kier alpha value is -2.70. The van der Waals surface area contributed by atoms with E-state index in [0.717, 1.165) is 20.7 Å². The van der Waals surface area contributed by atoms with E-state index in [9.17, 15) is 9.18 Å². The van der Waals surface area contributed by atoms with Gasteiger partial charge in [-0.05, 0) is 41.6 Å². The van der Waals surface area contributed by atoms with Gasteiger partial charge in [0.25, 0.3) is 0 Å². The molecule has 0 atom stereocenters. The zero-order valence-corrected chi connectivity index (χ0v) is 17.5. The molecule has 4 rings (SSSR count). The number of fused-ring (bicyclic) bond motifs is 1. The molecule has 1 heterocycles. The first kappa shape index (κ1) is 19.6. The first-order valence-corrected chi connectivity index (χ1v) is 11.2. The van der Waals surface area contributed by atoms with Gasteiger partial charge in [-0.3, -0.25) is 9.69 Å². The molecule has 4 aromatic rings. The highest BCUT2D eigenvalue weighted by atomic mass is 32.2. The normalized spacial score (nSPS) is 11.0. The Morgan fingerprint density at radius 2 is 1.76 bits per heavy atom. The number of thiazole rings is 1. The average molecular weight is 423 g/mol. The zero-order valence-electron chi connectivity index (χ0n) is 15.8. The van der Waals surface area contributed by atoms with Gasteiger partial charge in [-0.15, -0.1) is 11.8 Å². The van der Waals surface area contributed by atoms with Crippen molar-refractivity contribution < 1.29 is 9.18 Å². The summed E-state index contributed by atoms with van der Waals surface area (Å²) < 4.78 is 14.9. The van der Waals surface area contributed by atoms with Crippen molar-refractivity contribution in [3.63, 3.8) is 0 Å². The number of carbonyl (C=O) groups is 1. The van der Waals surface area contributed by atoms with Crippen LogP contribution in [-0.2, 0) is 17.8 Å². The molecule has 0 saturated carbocycles. The third-order valence-electron chi connectivity index (χ3n) is 4.59. The van der Waals surface area contributed by atoms with Crippen molar-refractivity contribution in [2.45, 2.75) is 17.9 Å². The Balaban J connectivity index is 1.66. The fourth-order valence-corrected chi connectivity index (χ4v) is 4.47. The number of halogens is 1. The quantitative estimate of drug-likeness (QED) is 0.361. The van der Waals surface area contributed by atoms with Crippen LogP contribution in [0.5, 0.6) is 0 Å². The predicted molar refractivity (Wildman–Crippen MR) is 119 cm³/mol. The first-order chi connectivity index (χ1) is 14.1. The van der Waals surface area contributed by atoms with Gasteiger partial charge < -0.3 is 0 Å². The number of nitrogens with zero attached hydrogens (tertiary/aromatic N) is 2. The summed E-state index contributed by atoms with van der Waals surface area (Å²) in [6.07, 6.45) is 2.29. The fraction of sp³-hybridized carbons (Fsp3) is 0.130. The highest BCUT2D eigenvalue weighted by molar-refractivity contribution is 7.98. The lowest BCUT2D eigenvalue weighted by molar-refractivity contribution is -0.118. The summed E-state index contributed by atoms with van der Waals surface area (Å²) in [4.78, 5) is 20.5. The second-order valence-corrected chi connectivity index (χ2v) is 8.46. The van der Waals surface area contributed by atoms with Crippen LogP contribution >= 0.6 is 23.1 Å². The van der Waals surface area contributed by atoms with E-state index in [1.165, 1.54) is 17.4 Å². The van der Waals surface area contributed by atoms with Crippen molar-refractivity contribution >= 4 is 44.4 Å². The number of para-hydroxylation sites is 1. The molecular formula is C23H19FN2OS2. The number of hydrogen-bond acceptors (Lipinski definition) is 4. The van der Waals surface area contributed by atoms with Crippen LogP contribution in [-0.4, -0.2) is 17.1 Å². The molecular weight excluding hydrogens is 403 g/mol. The van der Waals surface area contributed by atoms with E-state index in [1.54, 1.807) is 22.7 Å². The minimum absolute atomic E-state index is 0.0646. The van der Waals surface area contributed by atoms with Crippen molar-refractivity contribution in [3.05, 3.63) is 89.7 Å². The minimum Gasteiger partial charge on any atom is -0.283 e. The van der Waals surface area contributed by atoms with Gasteiger partial charge in [-0.1, -0.05) is 59.9 Å². The monoisotopic (exact) mass is 422 g/mol. The van der Waals surface area contributed by atoms with E-state index in [2.05, 4.69) is 4.98 Å². The SMILES string of the molecule is CSc1ccc(CC(=O)N(Cc2ccccc2)c2nc3c(F)cccc3s2)cc1. The second-order valence-electron chi connectivity index (χ2n) is 6.57. The molecule has 0 bridgehead atoms. The zero-order chi connectivity index (χ0) is 20.2. The van der Waals surface area contributed by atoms with Crippen molar-refractivity contribution in [1.82, 2.24) is 4.98 Å². The molecule has 0 aliphatic carbocycles. The summed E-state index contributed by atoms with van der Waals surface area (Å²) in [5, 5.41) is 0.514. The van der Waals surface area contributed by atoms with E-state index in [0.29, 0.717) is 17.2 Å². The maximum atomic E-state index is 14.1. The second kappa shape index (κ2) is 8.76. The maximum absolute atomic E-state index is 14.1. The van der Waals surface area contributed by atoms with Crippen LogP contribution in [0.2, 0.25) is 0 Å². The third kappa shape index (κ3) is 4.49.